The van der Waals surface area contributed by atoms with E-state index >= 15 is 0 Å². The molecule has 0 aliphatic heterocycles. The van der Waals surface area contributed by atoms with Gasteiger partial charge in [-0.05, 0) is 33.1 Å². The molecule has 0 aliphatic rings. The van der Waals surface area contributed by atoms with Gasteiger partial charge >= 0.3 is 0 Å². The van der Waals surface area contributed by atoms with Crippen LogP contribution in [0.1, 0.15) is 23.3 Å². The molecule has 0 aliphatic carbocycles. The maximum absolute atomic E-state index is 12.7. The van der Waals surface area contributed by atoms with Crippen LogP contribution in [0.3, 0.4) is 0 Å². The number of halogens is 1. The lowest BCUT2D eigenvalue weighted by Crippen LogP contribution is -2.41. The Morgan fingerprint density at radius 1 is 0.913 bits per heavy atom. The number of hydrogen-bond acceptors (Lipinski definition) is 1. The SMILES string of the molecule is CC(C(=O)c1ccc(-c2ccccc2)cc1)[n+]1cccc(Br)c1. The standard InChI is InChI=1S/C20H17BrNO/c1-15(22-13-5-8-19(21)14-22)20(23)18-11-9-17(10-12-18)16-6-3-2-4-7-16/h2-15H,1H3/q+1. The molecular weight excluding hydrogens is 350 g/mol. The molecule has 3 heteroatoms. The topological polar surface area (TPSA) is 20.9 Å². The molecule has 1 aromatic heterocycles. The molecule has 0 saturated heterocycles. The number of aromatic nitrogens is 1. The van der Waals surface area contributed by atoms with E-state index < -0.39 is 0 Å². The Morgan fingerprint density at radius 2 is 1.57 bits per heavy atom. The summed E-state index contributed by atoms with van der Waals surface area (Å²) >= 11 is 3.44. The third-order valence-corrected chi connectivity index (χ3v) is 4.36. The Hall–Kier alpha value is -2.26. The Labute approximate surface area is 144 Å². The van der Waals surface area contributed by atoms with Gasteiger partial charge in [-0.1, -0.05) is 54.6 Å². The molecule has 0 spiro atoms. The molecule has 0 saturated carbocycles. The van der Waals surface area contributed by atoms with Crippen molar-refractivity contribution < 1.29 is 9.36 Å². The Balaban J connectivity index is 1.83. The smallest absolute Gasteiger partial charge is 0.230 e. The number of carbonyl (C=O) groups excluding carboxylic acids is 1. The minimum absolute atomic E-state index is 0.104. The van der Waals surface area contributed by atoms with Gasteiger partial charge < -0.3 is 0 Å². The predicted molar refractivity (Wildman–Crippen MR) is 95.3 cm³/mol. The normalized spacial score (nSPS) is 11.9. The molecule has 1 atom stereocenters. The molecule has 0 bridgehead atoms. The summed E-state index contributed by atoms with van der Waals surface area (Å²) in [5.41, 5.74) is 3.00. The van der Waals surface area contributed by atoms with Gasteiger partial charge in [0.05, 0.1) is 4.47 Å². The number of rotatable bonds is 4. The van der Waals surface area contributed by atoms with Crippen molar-refractivity contribution in [2.24, 2.45) is 0 Å². The second kappa shape index (κ2) is 6.88. The first-order chi connectivity index (χ1) is 11.1. The first-order valence-corrected chi connectivity index (χ1v) is 8.30. The quantitative estimate of drug-likeness (QED) is 0.477. The van der Waals surface area contributed by atoms with Crippen LogP contribution in [0.5, 0.6) is 0 Å². The fraction of sp³-hybridized carbons (Fsp3) is 0.100. The second-order valence-electron chi connectivity index (χ2n) is 5.45. The number of hydrogen-bond donors (Lipinski definition) is 0. The van der Waals surface area contributed by atoms with E-state index in [1.807, 2.05) is 78.5 Å². The van der Waals surface area contributed by atoms with Gasteiger partial charge in [-0.25, -0.2) is 0 Å². The Kier molecular flexibility index (Phi) is 4.68. The summed E-state index contributed by atoms with van der Waals surface area (Å²) in [5.74, 6) is 0.104. The Bertz CT molecular complexity index is 813. The van der Waals surface area contributed by atoms with Crippen molar-refractivity contribution in [3.8, 4) is 11.1 Å². The molecule has 2 aromatic carbocycles. The molecule has 2 nitrogen and oxygen atoms in total. The van der Waals surface area contributed by atoms with E-state index in [4.69, 9.17) is 0 Å². The van der Waals surface area contributed by atoms with Crippen LogP contribution in [0.15, 0.2) is 83.6 Å². The highest BCUT2D eigenvalue weighted by Crippen LogP contribution is 2.20. The molecule has 114 valence electrons. The number of carbonyl (C=O) groups is 1. The fourth-order valence-electron chi connectivity index (χ4n) is 2.54. The van der Waals surface area contributed by atoms with Crippen molar-refractivity contribution >= 4 is 21.7 Å². The zero-order valence-corrected chi connectivity index (χ0v) is 14.4. The van der Waals surface area contributed by atoms with E-state index in [2.05, 4.69) is 28.1 Å². The summed E-state index contributed by atoms with van der Waals surface area (Å²) in [5, 5.41) is 0. The van der Waals surface area contributed by atoms with Crippen LogP contribution < -0.4 is 4.57 Å². The molecular formula is C20H17BrNO+. The lowest BCUT2D eigenvalue weighted by Gasteiger charge is -2.08. The molecule has 3 rings (SSSR count). The minimum atomic E-state index is -0.241. The zero-order valence-electron chi connectivity index (χ0n) is 12.8. The highest BCUT2D eigenvalue weighted by molar-refractivity contribution is 9.10. The van der Waals surface area contributed by atoms with Crippen molar-refractivity contribution in [3.63, 3.8) is 0 Å². The van der Waals surface area contributed by atoms with Crippen molar-refractivity contribution in [1.82, 2.24) is 0 Å². The van der Waals surface area contributed by atoms with Gasteiger partial charge in [0.2, 0.25) is 11.8 Å². The van der Waals surface area contributed by atoms with Crippen molar-refractivity contribution in [1.29, 1.82) is 0 Å². The average molecular weight is 367 g/mol. The first-order valence-electron chi connectivity index (χ1n) is 7.51. The summed E-state index contributed by atoms with van der Waals surface area (Å²) < 4.78 is 2.87. The molecule has 0 fully saturated rings. The van der Waals surface area contributed by atoms with Gasteiger partial charge in [0, 0.05) is 18.6 Å². The maximum atomic E-state index is 12.7. The monoisotopic (exact) mass is 366 g/mol. The second-order valence-corrected chi connectivity index (χ2v) is 6.37. The van der Waals surface area contributed by atoms with E-state index in [1.54, 1.807) is 0 Å². The molecule has 1 heterocycles. The molecule has 23 heavy (non-hydrogen) atoms. The lowest BCUT2D eigenvalue weighted by molar-refractivity contribution is -0.705. The van der Waals surface area contributed by atoms with Crippen LogP contribution in [0, 0.1) is 0 Å². The number of Topliss-reactive ketones (excluding diaryl/α,β-unsaturated/α-hetero) is 1. The predicted octanol–water partition coefficient (Wildman–Crippen LogP) is 4.85. The highest BCUT2D eigenvalue weighted by Gasteiger charge is 2.23. The molecule has 3 aromatic rings. The summed E-state index contributed by atoms with van der Waals surface area (Å²) in [6, 6.07) is 21.6. The van der Waals surface area contributed by atoms with Crippen LogP contribution in [0.25, 0.3) is 11.1 Å². The highest BCUT2D eigenvalue weighted by atomic mass is 79.9. The third-order valence-electron chi connectivity index (χ3n) is 3.89. The van der Waals surface area contributed by atoms with Gasteiger partial charge in [-0.2, -0.15) is 4.57 Å². The summed E-state index contributed by atoms with van der Waals surface area (Å²) in [6.07, 6.45) is 3.83. The van der Waals surface area contributed by atoms with Crippen molar-refractivity contribution in [2.45, 2.75) is 13.0 Å². The van der Waals surface area contributed by atoms with E-state index in [0.29, 0.717) is 0 Å². The summed E-state index contributed by atoms with van der Waals surface area (Å²) in [4.78, 5) is 12.7. The van der Waals surface area contributed by atoms with E-state index in [-0.39, 0.29) is 11.8 Å². The molecule has 0 N–H and O–H groups in total. The van der Waals surface area contributed by atoms with Gasteiger partial charge in [-0.15, -0.1) is 0 Å². The van der Waals surface area contributed by atoms with Gasteiger partial charge in [0.15, 0.2) is 12.4 Å². The van der Waals surface area contributed by atoms with Gasteiger partial charge in [-0.3, -0.25) is 4.79 Å². The fourth-order valence-corrected chi connectivity index (χ4v) is 2.93. The lowest BCUT2D eigenvalue weighted by atomic mass is 10.00. The largest absolute Gasteiger partial charge is 0.287 e. The van der Waals surface area contributed by atoms with Crippen molar-refractivity contribution in [3.05, 3.63) is 89.2 Å². The molecule has 0 radical (unpaired) electrons. The molecule has 0 amide bonds. The van der Waals surface area contributed by atoms with Gasteiger partial charge in [0.1, 0.15) is 0 Å². The summed E-state index contributed by atoms with van der Waals surface area (Å²) in [6.45, 7) is 1.92. The van der Waals surface area contributed by atoms with E-state index in [1.165, 1.54) is 0 Å². The van der Waals surface area contributed by atoms with Crippen molar-refractivity contribution in [2.75, 3.05) is 0 Å². The maximum Gasteiger partial charge on any atom is 0.230 e. The van der Waals surface area contributed by atoms with Crippen LogP contribution >= 0.6 is 15.9 Å². The number of ketones is 1. The minimum Gasteiger partial charge on any atom is -0.287 e. The number of benzene rings is 2. The third kappa shape index (κ3) is 3.57. The van der Waals surface area contributed by atoms with Crippen LogP contribution in [0.2, 0.25) is 0 Å². The van der Waals surface area contributed by atoms with Gasteiger partial charge in [0.25, 0.3) is 0 Å². The van der Waals surface area contributed by atoms with Crippen LogP contribution in [0.4, 0.5) is 0 Å². The molecule has 1 unspecified atom stereocenters. The van der Waals surface area contributed by atoms with Crippen LogP contribution in [-0.2, 0) is 0 Å². The number of nitrogens with zero attached hydrogens (tertiary/aromatic N) is 1. The Morgan fingerprint density at radius 3 is 2.22 bits per heavy atom. The number of pyridine rings is 1. The van der Waals surface area contributed by atoms with Crippen LogP contribution in [-0.4, -0.2) is 5.78 Å². The first kappa shape index (κ1) is 15.6. The van der Waals surface area contributed by atoms with E-state index in [9.17, 15) is 4.79 Å². The van der Waals surface area contributed by atoms with E-state index in [0.717, 1.165) is 21.2 Å². The summed E-state index contributed by atoms with van der Waals surface area (Å²) in [7, 11) is 0. The average Bonchev–Trinajstić information content (AvgIpc) is 2.61. The zero-order chi connectivity index (χ0) is 16.2.